The van der Waals surface area contributed by atoms with Crippen molar-refractivity contribution in [1.29, 1.82) is 0 Å². The minimum atomic E-state index is -2.42. The van der Waals surface area contributed by atoms with Crippen molar-refractivity contribution in [3.05, 3.63) is 0 Å². The molecule has 0 radical (unpaired) electrons. The third-order valence-electron chi connectivity index (χ3n) is 7.78. The van der Waals surface area contributed by atoms with Gasteiger partial charge in [0.05, 0.1) is 0 Å². The van der Waals surface area contributed by atoms with Crippen molar-refractivity contribution in [2.45, 2.75) is 187 Å². The Bertz CT molecular complexity index is 421. The number of hydrogen-bond acceptors (Lipinski definition) is 4. The highest BCUT2D eigenvalue weighted by atomic mass is 28.4. The summed E-state index contributed by atoms with van der Waals surface area (Å²) in [5.74, 6) is 0. The molecule has 38 heavy (non-hydrogen) atoms. The zero-order chi connectivity index (χ0) is 27.8. The van der Waals surface area contributed by atoms with Crippen molar-refractivity contribution in [1.82, 2.24) is 0 Å². The van der Waals surface area contributed by atoms with Crippen molar-refractivity contribution in [3.63, 3.8) is 0 Å². The maximum atomic E-state index is 5.96. The van der Waals surface area contributed by atoms with E-state index in [0.717, 1.165) is 12.6 Å². The standard InChI is InChI=1S/C33H71NO3Si/c1-4-35-38(36-5-2,37-6-3)33-31-29-27-25-23-21-19-17-15-13-11-9-7-8-10-12-14-16-18-20-22-24-26-28-30-32-34/h4-34H2,1-3H3. The van der Waals surface area contributed by atoms with Crippen LogP contribution in [0.5, 0.6) is 0 Å². The molecule has 230 valence electrons. The maximum Gasteiger partial charge on any atom is 0.500 e. The van der Waals surface area contributed by atoms with Gasteiger partial charge in [-0.25, -0.2) is 0 Å². The van der Waals surface area contributed by atoms with Crippen LogP contribution >= 0.6 is 0 Å². The van der Waals surface area contributed by atoms with Gasteiger partial charge >= 0.3 is 8.80 Å². The SMILES string of the molecule is CCO[Si](CCCCCCCCCCCCCCCCCCCCCCCCCCCN)(OCC)OCC. The fourth-order valence-corrected chi connectivity index (χ4v) is 8.24. The highest BCUT2D eigenvalue weighted by Gasteiger charge is 2.39. The Labute approximate surface area is 241 Å². The predicted octanol–water partition coefficient (Wildman–Crippen LogP) is 10.7. The Morgan fingerprint density at radius 2 is 0.553 bits per heavy atom. The van der Waals surface area contributed by atoms with E-state index in [9.17, 15) is 0 Å². The second-order valence-electron chi connectivity index (χ2n) is 11.4. The fraction of sp³-hybridized carbons (Fsp3) is 1.00. The first-order chi connectivity index (χ1) is 18.7. The van der Waals surface area contributed by atoms with E-state index in [1.165, 1.54) is 161 Å². The van der Waals surface area contributed by atoms with Crippen molar-refractivity contribution in [2.75, 3.05) is 26.4 Å². The van der Waals surface area contributed by atoms with Gasteiger partial charge in [0.15, 0.2) is 0 Å². The van der Waals surface area contributed by atoms with Crippen molar-refractivity contribution >= 4 is 8.80 Å². The zero-order valence-corrected chi connectivity index (χ0v) is 27.5. The summed E-state index contributed by atoms with van der Waals surface area (Å²) in [6.45, 7) is 9.04. The monoisotopic (exact) mass is 558 g/mol. The lowest BCUT2D eigenvalue weighted by Gasteiger charge is -2.28. The molecule has 0 amide bonds. The van der Waals surface area contributed by atoms with Gasteiger partial charge in [-0.15, -0.1) is 0 Å². The molecule has 0 fully saturated rings. The van der Waals surface area contributed by atoms with Gasteiger partial charge in [-0.1, -0.05) is 148 Å². The van der Waals surface area contributed by atoms with Crippen LogP contribution < -0.4 is 5.73 Å². The second kappa shape index (κ2) is 31.6. The van der Waals surface area contributed by atoms with Crippen molar-refractivity contribution in [2.24, 2.45) is 5.73 Å². The van der Waals surface area contributed by atoms with E-state index in [4.69, 9.17) is 19.0 Å². The van der Waals surface area contributed by atoms with Gasteiger partial charge in [0, 0.05) is 25.9 Å². The molecule has 0 aromatic heterocycles. The van der Waals surface area contributed by atoms with E-state index in [2.05, 4.69) is 0 Å². The summed E-state index contributed by atoms with van der Waals surface area (Å²) >= 11 is 0. The normalized spacial score (nSPS) is 12.0. The second-order valence-corrected chi connectivity index (χ2v) is 14.1. The highest BCUT2D eigenvalue weighted by molar-refractivity contribution is 6.60. The molecule has 0 rings (SSSR count). The fourth-order valence-electron chi connectivity index (χ4n) is 5.55. The van der Waals surface area contributed by atoms with Gasteiger partial charge in [0.25, 0.3) is 0 Å². The number of hydrogen-bond donors (Lipinski definition) is 1. The first kappa shape index (κ1) is 38.1. The molecular weight excluding hydrogens is 486 g/mol. The van der Waals surface area contributed by atoms with Gasteiger partial charge in [-0.2, -0.15) is 0 Å². The van der Waals surface area contributed by atoms with Crippen LogP contribution in [-0.4, -0.2) is 35.2 Å². The van der Waals surface area contributed by atoms with E-state index in [0.29, 0.717) is 19.8 Å². The molecule has 0 saturated heterocycles. The predicted molar refractivity (Wildman–Crippen MR) is 170 cm³/mol. The number of unbranched alkanes of at least 4 members (excludes halogenated alkanes) is 24. The first-order valence-corrected chi connectivity index (χ1v) is 19.3. The van der Waals surface area contributed by atoms with E-state index in [1.807, 2.05) is 20.8 Å². The molecule has 5 heteroatoms. The Morgan fingerprint density at radius 1 is 0.342 bits per heavy atom. The van der Waals surface area contributed by atoms with E-state index in [1.54, 1.807) is 0 Å². The molecule has 0 heterocycles. The molecule has 0 aliphatic rings. The van der Waals surface area contributed by atoms with Gasteiger partial charge in [-0.3, -0.25) is 0 Å². The van der Waals surface area contributed by atoms with Crippen molar-refractivity contribution < 1.29 is 13.3 Å². The molecule has 0 aliphatic carbocycles. The largest absolute Gasteiger partial charge is 0.500 e. The van der Waals surface area contributed by atoms with Crippen LogP contribution in [-0.2, 0) is 13.3 Å². The van der Waals surface area contributed by atoms with Gasteiger partial charge in [0.1, 0.15) is 0 Å². The summed E-state index contributed by atoms with van der Waals surface area (Å²) in [5.41, 5.74) is 5.54. The molecule has 0 aromatic rings. The molecule has 4 nitrogen and oxygen atoms in total. The summed E-state index contributed by atoms with van der Waals surface area (Å²) in [6.07, 6.45) is 35.2. The Kier molecular flexibility index (Phi) is 31.6. The molecule has 0 aliphatic heterocycles. The van der Waals surface area contributed by atoms with E-state index in [-0.39, 0.29) is 0 Å². The van der Waals surface area contributed by atoms with Crippen LogP contribution in [0.1, 0.15) is 181 Å². The smallest absolute Gasteiger partial charge is 0.374 e. The summed E-state index contributed by atoms with van der Waals surface area (Å²) in [6, 6.07) is 0.972. The minimum absolute atomic E-state index is 0.684. The molecular formula is C33H71NO3Si. The molecule has 0 bridgehead atoms. The summed E-state index contributed by atoms with van der Waals surface area (Å²) in [5, 5.41) is 0. The van der Waals surface area contributed by atoms with Crippen LogP contribution in [0.15, 0.2) is 0 Å². The summed E-state index contributed by atoms with van der Waals surface area (Å²) < 4.78 is 17.9. The Hall–Kier alpha value is 0.0569. The maximum absolute atomic E-state index is 5.96. The van der Waals surface area contributed by atoms with Gasteiger partial charge < -0.3 is 19.0 Å². The topological polar surface area (TPSA) is 53.7 Å². The third-order valence-corrected chi connectivity index (χ3v) is 10.9. The van der Waals surface area contributed by atoms with Crippen LogP contribution in [0.4, 0.5) is 0 Å². The average Bonchev–Trinajstić information content (AvgIpc) is 2.91. The average molecular weight is 558 g/mol. The van der Waals surface area contributed by atoms with Crippen LogP contribution in [0.25, 0.3) is 0 Å². The van der Waals surface area contributed by atoms with Crippen LogP contribution in [0.2, 0.25) is 6.04 Å². The number of rotatable bonds is 33. The molecule has 0 aromatic carbocycles. The lowest BCUT2D eigenvalue weighted by Crippen LogP contribution is -2.45. The lowest BCUT2D eigenvalue weighted by atomic mass is 10.0. The first-order valence-electron chi connectivity index (χ1n) is 17.4. The van der Waals surface area contributed by atoms with Crippen LogP contribution in [0, 0.1) is 0 Å². The van der Waals surface area contributed by atoms with E-state index >= 15 is 0 Å². The molecule has 0 unspecified atom stereocenters. The van der Waals surface area contributed by atoms with Gasteiger partial charge in [0.2, 0.25) is 0 Å². The highest BCUT2D eigenvalue weighted by Crippen LogP contribution is 2.21. The number of nitrogens with two attached hydrogens (primary N) is 1. The third kappa shape index (κ3) is 26.3. The van der Waals surface area contributed by atoms with Crippen molar-refractivity contribution in [3.8, 4) is 0 Å². The molecule has 0 saturated carbocycles. The quantitative estimate of drug-likeness (QED) is 0.0644. The Morgan fingerprint density at radius 3 is 0.763 bits per heavy atom. The van der Waals surface area contributed by atoms with Crippen LogP contribution in [0.3, 0.4) is 0 Å². The molecule has 0 atom stereocenters. The summed E-state index contributed by atoms with van der Waals surface area (Å²) in [4.78, 5) is 0. The minimum Gasteiger partial charge on any atom is -0.374 e. The molecule has 0 spiro atoms. The van der Waals surface area contributed by atoms with Gasteiger partial charge in [-0.05, 0) is 40.2 Å². The Balaban J connectivity index is 3.28. The summed E-state index contributed by atoms with van der Waals surface area (Å²) in [7, 11) is -2.42. The zero-order valence-electron chi connectivity index (χ0n) is 26.5. The molecule has 2 N–H and O–H groups in total. The lowest BCUT2D eigenvalue weighted by molar-refractivity contribution is 0.0706. The van der Waals surface area contributed by atoms with E-state index < -0.39 is 8.80 Å².